The summed E-state index contributed by atoms with van der Waals surface area (Å²) in [5.74, 6) is 1.38. The zero-order valence-corrected chi connectivity index (χ0v) is 13.2. The van der Waals surface area contributed by atoms with Crippen LogP contribution in [0.15, 0.2) is 0 Å². The van der Waals surface area contributed by atoms with Crippen molar-refractivity contribution < 1.29 is 4.79 Å². The summed E-state index contributed by atoms with van der Waals surface area (Å²) in [6.07, 6.45) is 5.82. The Hall–Kier alpha value is 0.0700. The zero-order chi connectivity index (χ0) is 12.7. The monoisotopic (exact) mass is 294 g/mol. The Morgan fingerprint density at radius 2 is 2.22 bits per heavy atom. The van der Waals surface area contributed by atoms with Gasteiger partial charge in [0.15, 0.2) is 0 Å². The third-order valence-corrected chi connectivity index (χ3v) is 4.62. The number of carbonyl (C=O) groups excluding carboxylic acids is 1. The molecule has 0 aliphatic carbocycles. The van der Waals surface area contributed by atoms with Gasteiger partial charge in [-0.05, 0) is 38.4 Å². The van der Waals surface area contributed by atoms with E-state index in [1.165, 1.54) is 19.3 Å². The van der Waals surface area contributed by atoms with Crippen LogP contribution in [0.25, 0.3) is 0 Å². The number of halogens is 1. The molecule has 0 aromatic rings. The Bertz CT molecular complexity index is 241. The number of likely N-dealkylation sites (tertiary alicyclic amines) is 1. The standard InChI is InChI=1S/C13H26N2OS.ClH/c1-3-4-9-17-11(2)13(16)15-8-6-5-7-12(15)10-14;/h11-12H,3-10,14H2,1-2H3;1H. The fourth-order valence-electron chi connectivity index (χ4n) is 2.25. The van der Waals surface area contributed by atoms with Crippen molar-refractivity contribution in [3.05, 3.63) is 0 Å². The molecule has 5 heteroatoms. The molecule has 0 saturated carbocycles. The Kier molecular flexibility index (Phi) is 9.97. The second-order valence-corrected chi connectivity index (χ2v) is 6.23. The highest BCUT2D eigenvalue weighted by Gasteiger charge is 2.28. The molecule has 108 valence electrons. The number of piperidine rings is 1. The first-order chi connectivity index (χ1) is 8.20. The Morgan fingerprint density at radius 1 is 1.50 bits per heavy atom. The Labute approximate surface area is 122 Å². The van der Waals surface area contributed by atoms with E-state index in [9.17, 15) is 4.79 Å². The van der Waals surface area contributed by atoms with Crippen LogP contribution in [0.1, 0.15) is 46.0 Å². The molecule has 0 aromatic heterocycles. The highest BCUT2D eigenvalue weighted by Crippen LogP contribution is 2.21. The van der Waals surface area contributed by atoms with Gasteiger partial charge < -0.3 is 10.6 Å². The summed E-state index contributed by atoms with van der Waals surface area (Å²) in [5.41, 5.74) is 5.75. The van der Waals surface area contributed by atoms with Gasteiger partial charge in [-0.15, -0.1) is 24.2 Å². The number of nitrogens with two attached hydrogens (primary N) is 1. The lowest BCUT2D eigenvalue weighted by atomic mass is 10.0. The summed E-state index contributed by atoms with van der Waals surface area (Å²) < 4.78 is 0. The number of carbonyl (C=O) groups is 1. The largest absolute Gasteiger partial charge is 0.337 e. The molecule has 0 spiro atoms. The highest BCUT2D eigenvalue weighted by molar-refractivity contribution is 8.00. The number of hydrogen-bond acceptors (Lipinski definition) is 3. The highest BCUT2D eigenvalue weighted by atomic mass is 35.5. The van der Waals surface area contributed by atoms with E-state index in [1.807, 2.05) is 11.8 Å². The lowest BCUT2D eigenvalue weighted by molar-refractivity contribution is -0.133. The Balaban J connectivity index is 0.00000289. The number of rotatable bonds is 6. The van der Waals surface area contributed by atoms with Crippen LogP contribution in [0.5, 0.6) is 0 Å². The van der Waals surface area contributed by atoms with Crippen LogP contribution in [0, 0.1) is 0 Å². The molecule has 1 fully saturated rings. The normalized spacial score (nSPS) is 21.3. The lowest BCUT2D eigenvalue weighted by Gasteiger charge is -2.36. The summed E-state index contributed by atoms with van der Waals surface area (Å²) in [4.78, 5) is 14.3. The molecule has 2 N–H and O–H groups in total. The van der Waals surface area contributed by atoms with Gasteiger partial charge in [0.1, 0.15) is 0 Å². The van der Waals surface area contributed by atoms with Crippen molar-refractivity contribution in [2.45, 2.75) is 57.2 Å². The minimum Gasteiger partial charge on any atom is -0.337 e. The van der Waals surface area contributed by atoms with Crippen molar-refractivity contribution in [1.82, 2.24) is 4.90 Å². The summed E-state index contributed by atoms with van der Waals surface area (Å²) in [5, 5.41) is 0.0914. The van der Waals surface area contributed by atoms with Crippen molar-refractivity contribution in [1.29, 1.82) is 0 Å². The van der Waals surface area contributed by atoms with Gasteiger partial charge in [-0.2, -0.15) is 0 Å². The summed E-state index contributed by atoms with van der Waals surface area (Å²) in [6.45, 7) is 5.73. The van der Waals surface area contributed by atoms with Gasteiger partial charge in [-0.1, -0.05) is 13.3 Å². The number of nitrogens with zero attached hydrogens (tertiary/aromatic N) is 1. The van der Waals surface area contributed by atoms with E-state index in [0.717, 1.165) is 25.1 Å². The van der Waals surface area contributed by atoms with E-state index in [1.54, 1.807) is 11.8 Å². The van der Waals surface area contributed by atoms with E-state index < -0.39 is 0 Å². The lowest BCUT2D eigenvalue weighted by Crippen LogP contribution is -2.50. The first-order valence-corrected chi connectivity index (χ1v) is 7.87. The first kappa shape index (κ1) is 18.1. The molecule has 1 amide bonds. The maximum atomic E-state index is 12.3. The second kappa shape index (κ2) is 9.93. The fraction of sp³-hybridized carbons (Fsp3) is 0.923. The minimum atomic E-state index is 0. The molecular formula is C13H27ClN2OS. The molecule has 1 rings (SSSR count). The van der Waals surface area contributed by atoms with Crippen molar-refractivity contribution >= 4 is 30.1 Å². The number of amides is 1. The smallest absolute Gasteiger partial charge is 0.235 e. The van der Waals surface area contributed by atoms with Gasteiger partial charge in [0, 0.05) is 19.1 Å². The van der Waals surface area contributed by atoms with Gasteiger partial charge in [0.25, 0.3) is 0 Å². The van der Waals surface area contributed by atoms with Crippen molar-refractivity contribution in [2.75, 3.05) is 18.8 Å². The van der Waals surface area contributed by atoms with Gasteiger partial charge in [-0.25, -0.2) is 0 Å². The van der Waals surface area contributed by atoms with Crippen molar-refractivity contribution in [2.24, 2.45) is 5.73 Å². The number of unbranched alkanes of at least 4 members (excludes halogenated alkanes) is 1. The summed E-state index contributed by atoms with van der Waals surface area (Å²) >= 11 is 1.78. The van der Waals surface area contributed by atoms with E-state index in [4.69, 9.17) is 5.73 Å². The molecule has 0 aromatic carbocycles. The topological polar surface area (TPSA) is 46.3 Å². The SMILES string of the molecule is CCCCSC(C)C(=O)N1CCCCC1CN.Cl. The Morgan fingerprint density at radius 3 is 2.83 bits per heavy atom. The molecule has 2 unspecified atom stereocenters. The maximum absolute atomic E-state index is 12.3. The number of thioether (sulfide) groups is 1. The van der Waals surface area contributed by atoms with Gasteiger partial charge in [-0.3, -0.25) is 4.79 Å². The third-order valence-electron chi connectivity index (χ3n) is 3.40. The van der Waals surface area contributed by atoms with Crippen LogP contribution < -0.4 is 5.73 Å². The molecule has 1 heterocycles. The van der Waals surface area contributed by atoms with Crippen LogP contribution in [-0.2, 0) is 4.79 Å². The quantitative estimate of drug-likeness (QED) is 0.766. The molecule has 0 bridgehead atoms. The molecule has 1 aliphatic heterocycles. The van der Waals surface area contributed by atoms with E-state index in [-0.39, 0.29) is 23.7 Å². The zero-order valence-electron chi connectivity index (χ0n) is 11.6. The van der Waals surface area contributed by atoms with E-state index in [0.29, 0.717) is 12.5 Å². The van der Waals surface area contributed by atoms with Crippen LogP contribution in [0.4, 0.5) is 0 Å². The maximum Gasteiger partial charge on any atom is 0.235 e. The minimum absolute atomic E-state index is 0. The first-order valence-electron chi connectivity index (χ1n) is 6.82. The fourth-order valence-corrected chi connectivity index (χ4v) is 3.33. The predicted molar refractivity (Wildman–Crippen MR) is 82.5 cm³/mol. The molecule has 18 heavy (non-hydrogen) atoms. The summed E-state index contributed by atoms with van der Waals surface area (Å²) in [6, 6.07) is 0.283. The van der Waals surface area contributed by atoms with Crippen LogP contribution in [0.3, 0.4) is 0 Å². The second-order valence-electron chi connectivity index (χ2n) is 4.78. The summed E-state index contributed by atoms with van der Waals surface area (Å²) in [7, 11) is 0. The van der Waals surface area contributed by atoms with E-state index >= 15 is 0 Å². The molecule has 1 saturated heterocycles. The molecule has 2 atom stereocenters. The van der Waals surface area contributed by atoms with Crippen LogP contribution in [0.2, 0.25) is 0 Å². The average Bonchev–Trinajstić information content (AvgIpc) is 2.38. The van der Waals surface area contributed by atoms with Gasteiger partial charge in [0.05, 0.1) is 5.25 Å². The molecule has 3 nitrogen and oxygen atoms in total. The molecular weight excluding hydrogens is 268 g/mol. The van der Waals surface area contributed by atoms with E-state index in [2.05, 4.69) is 6.92 Å². The molecule has 0 radical (unpaired) electrons. The molecule has 1 aliphatic rings. The van der Waals surface area contributed by atoms with Crippen molar-refractivity contribution in [3.63, 3.8) is 0 Å². The van der Waals surface area contributed by atoms with Crippen molar-refractivity contribution in [3.8, 4) is 0 Å². The average molecular weight is 295 g/mol. The predicted octanol–water partition coefficient (Wildman–Crippen LogP) is 2.67. The van der Waals surface area contributed by atoms with Crippen LogP contribution in [-0.4, -0.2) is 40.9 Å². The number of hydrogen-bond donors (Lipinski definition) is 1. The van der Waals surface area contributed by atoms with Crippen LogP contribution >= 0.6 is 24.2 Å². The third kappa shape index (κ3) is 5.37. The van der Waals surface area contributed by atoms with Gasteiger partial charge in [0.2, 0.25) is 5.91 Å². The van der Waals surface area contributed by atoms with Gasteiger partial charge >= 0.3 is 0 Å².